The third-order valence-corrected chi connectivity index (χ3v) is 3.28. The van der Waals surface area contributed by atoms with Crippen LogP contribution >= 0.6 is 0 Å². The van der Waals surface area contributed by atoms with Gasteiger partial charge < -0.3 is 9.90 Å². The van der Waals surface area contributed by atoms with Gasteiger partial charge in [-0.3, -0.25) is 0 Å². The Morgan fingerprint density at radius 3 is 2.71 bits per heavy atom. The van der Waals surface area contributed by atoms with Crippen LogP contribution in [0.3, 0.4) is 0 Å². The SMILES string of the molecule is CC[C@@H]1C[C@@H](CCC#N)C[C@@H]1C(=O)[O-]. The molecule has 0 amide bonds. The van der Waals surface area contributed by atoms with E-state index in [2.05, 4.69) is 6.07 Å². The van der Waals surface area contributed by atoms with Crippen LogP contribution in [-0.2, 0) is 4.79 Å². The summed E-state index contributed by atoms with van der Waals surface area (Å²) in [6, 6.07) is 2.11. The average molecular weight is 194 g/mol. The highest BCUT2D eigenvalue weighted by molar-refractivity contribution is 5.68. The monoisotopic (exact) mass is 194 g/mol. The van der Waals surface area contributed by atoms with Crippen LogP contribution in [0.25, 0.3) is 0 Å². The highest BCUT2D eigenvalue weighted by Gasteiger charge is 2.33. The molecule has 1 saturated carbocycles. The van der Waals surface area contributed by atoms with Gasteiger partial charge >= 0.3 is 0 Å². The van der Waals surface area contributed by atoms with Gasteiger partial charge in [-0.1, -0.05) is 13.3 Å². The molecule has 1 aliphatic carbocycles. The Balaban J connectivity index is 2.48. The molecule has 0 saturated heterocycles. The van der Waals surface area contributed by atoms with Gasteiger partial charge in [-0.25, -0.2) is 0 Å². The fourth-order valence-electron chi connectivity index (χ4n) is 2.48. The highest BCUT2D eigenvalue weighted by atomic mass is 16.4. The summed E-state index contributed by atoms with van der Waals surface area (Å²) >= 11 is 0. The molecule has 0 heterocycles. The lowest BCUT2D eigenvalue weighted by molar-refractivity contribution is -0.312. The summed E-state index contributed by atoms with van der Waals surface area (Å²) in [5.74, 6) is -0.494. The molecule has 3 heteroatoms. The van der Waals surface area contributed by atoms with E-state index in [0.717, 1.165) is 19.3 Å². The van der Waals surface area contributed by atoms with E-state index in [1.54, 1.807) is 0 Å². The van der Waals surface area contributed by atoms with Crippen LogP contribution in [0.2, 0.25) is 0 Å². The molecule has 0 bridgehead atoms. The number of carbonyl (C=O) groups is 1. The summed E-state index contributed by atoms with van der Waals surface area (Å²) in [6.07, 6.45) is 3.96. The summed E-state index contributed by atoms with van der Waals surface area (Å²) in [5.41, 5.74) is 0. The van der Waals surface area contributed by atoms with Crippen molar-refractivity contribution in [1.29, 1.82) is 5.26 Å². The summed E-state index contributed by atoms with van der Waals surface area (Å²) in [7, 11) is 0. The molecule has 3 atom stereocenters. The molecule has 0 aromatic rings. The predicted molar refractivity (Wildman–Crippen MR) is 49.8 cm³/mol. The van der Waals surface area contributed by atoms with Gasteiger partial charge in [-0.15, -0.1) is 0 Å². The van der Waals surface area contributed by atoms with Crippen molar-refractivity contribution >= 4 is 5.97 Å². The van der Waals surface area contributed by atoms with E-state index in [1.165, 1.54) is 0 Å². The largest absolute Gasteiger partial charge is 0.550 e. The number of hydrogen-bond acceptors (Lipinski definition) is 3. The molecule has 1 aliphatic rings. The molecule has 0 aromatic heterocycles. The number of nitrogens with zero attached hydrogens (tertiary/aromatic N) is 1. The molecule has 0 radical (unpaired) electrons. The lowest BCUT2D eigenvalue weighted by Crippen LogP contribution is -2.33. The molecule has 78 valence electrons. The molecule has 3 nitrogen and oxygen atoms in total. The Morgan fingerprint density at radius 1 is 1.57 bits per heavy atom. The van der Waals surface area contributed by atoms with Crippen molar-refractivity contribution in [3.05, 3.63) is 0 Å². The van der Waals surface area contributed by atoms with Crippen LogP contribution < -0.4 is 5.11 Å². The van der Waals surface area contributed by atoms with Crippen molar-refractivity contribution in [2.24, 2.45) is 17.8 Å². The van der Waals surface area contributed by atoms with E-state index in [0.29, 0.717) is 18.8 Å². The maximum Gasteiger partial charge on any atom is 0.0621 e. The standard InChI is InChI=1S/C11H17NO2/c1-2-9-6-8(4-3-5-12)7-10(9)11(13)14/h8-10H,2-4,6-7H2,1H3,(H,13,14)/p-1/t8-,9-,10+/m1/s1. The van der Waals surface area contributed by atoms with Crippen molar-refractivity contribution < 1.29 is 9.90 Å². The molecule has 0 N–H and O–H groups in total. The van der Waals surface area contributed by atoms with E-state index in [9.17, 15) is 9.90 Å². The van der Waals surface area contributed by atoms with Gasteiger partial charge in [0.25, 0.3) is 0 Å². The first-order valence-corrected chi connectivity index (χ1v) is 5.26. The molecule has 1 fully saturated rings. The number of aliphatic carboxylic acids is 1. The Kier molecular flexibility index (Phi) is 3.94. The van der Waals surface area contributed by atoms with Gasteiger partial charge in [0, 0.05) is 18.3 Å². The van der Waals surface area contributed by atoms with Crippen LogP contribution in [-0.4, -0.2) is 5.97 Å². The molecule has 0 aromatic carbocycles. The van der Waals surface area contributed by atoms with E-state index in [1.807, 2.05) is 6.92 Å². The molecular formula is C11H16NO2-. The van der Waals surface area contributed by atoms with E-state index >= 15 is 0 Å². The fourth-order valence-corrected chi connectivity index (χ4v) is 2.48. The minimum absolute atomic E-state index is 0.267. The maximum atomic E-state index is 10.8. The number of carboxylic acid groups (broad SMARTS) is 1. The van der Waals surface area contributed by atoms with Gasteiger partial charge in [0.1, 0.15) is 0 Å². The highest BCUT2D eigenvalue weighted by Crippen LogP contribution is 2.40. The second kappa shape index (κ2) is 4.99. The van der Waals surface area contributed by atoms with E-state index in [-0.39, 0.29) is 11.8 Å². The smallest absolute Gasteiger partial charge is 0.0621 e. The zero-order chi connectivity index (χ0) is 10.6. The number of nitriles is 1. The third-order valence-electron chi connectivity index (χ3n) is 3.28. The number of carbonyl (C=O) groups excluding carboxylic acids is 1. The van der Waals surface area contributed by atoms with Crippen molar-refractivity contribution in [1.82, 2.24) is 0 Å². The Bertz CT molecular complexity index is 244. The molecule has 0 unspecified atom stereocenters. The fraction of sp³-hybridized carbons (Fsp3) is 0.818. The van der Waals surface area contributed by atoms with Crippen molar-refractivity contribution in [2.75, 3.05) is 0 Å². The lowest BCUT2D eigenvalue weighted by atomic mass is 9.94. The van der Waals surface area contributed by atoms with E-state index in [4.69, 9.17) is 5.26 Å². The average Bonchev–Trinajstić information content (AvgIpc) is 2.57. The first-order valence-electron chi connectivity index (χ1n) is 5.26. The predicted octanol–water partition coefficient (Wildman–Crippen LogP) is 1.09. The van der Waals surface area contributed by atoms with Gasteiger partial charge in [-0.2, -0.15) is 5.26 Å². The van der Waals surface area contributed by atoms with Gasteiger partial charge in [-0.05, 0) is 31.1 Å². The van der Waals surface area contributed by atoms with Gasteiger partial charge in [0.2, 0.25) is 0 Å². The van der Waals surface area contributed by atoms with Crippen molar-refractivity contribution in [2.45, 2.75) is 39.0 Å². The maximum absolute atomic E-state index is 10.8. The molecule has 0 spiro atoms. The zero-order valence-corrected chi connectivity index (χ0v) is 8.53. The Hall–Kier alpha value is -1.04. The molecule has 14 heavy (non-hydrogen) atoms. The van der Waals surface area contributed by atoms with Crippen LogP contribution in [0.15, 0.2) is 0 Å². The Labute approximate surface area is 84.7 Å². The summed E-state index contributed by atoms with van der Waals surface area (Å²) in [5, 5.41) is 19.3. The van der Waals surface area contributed by atoms with Crippen LogP contribution in [0.1, 0.15) is 39.0 Å². The molecule has 1 rings (SSSR count). The summed E-state index contributed by atoms with van der Waals surface area (Å²) in [4.78, 5) is 10.8. The van der Waals surface area contributed by atoms with Crippen LogP contribution in [0.5, 0.6) is 0 Å². The quantitative estimate of drug-likeness (QED) is 0.673. The number of carboxylic acids is 1. The van der Waals surface area contributed by atoms with E-state index < -0.39 is 5.97 Å². The number of rotatable bonds is 4. The van der Waals surface area contributed by atoms with Crippen molar-refractivity contribution in [3.8, 4) is 6.07 Å². The zero-order valence-electron chi connectivity index (χ0n) is 8.53. The Morgan fingerprint density at radius 2 is 2.29 bits per heavy atom. The van der Waals surface area contributed by atoms with Crippen molar-refractivity contribution in [3.63, 3.8) is 0 Å². The lowest BCUT2D eigenvalue weighted by Gasteiger charge is -2.18. The normalized spacial score (nSPS) is 31.3. The number of hydrogen-bond donors (Lipinski definition) is 0. The summed E-state index contributed by atoms with van der Waals surface area (Å²) in [6.45, 7) is 2.02. The second-order valence-electron chi connectivity index (χ2n) is 4.13. The molecule has 0 aliphatic heterocycles. The van der Waals surface area contributed by atoms with Gasteiger partial charge in [0.05, 0.1) is 6.07 Å². The third kappa shape index (κ3) is 2.47. The topological polar surface area (TPSA) is 63.9 Å². The second-order valence-corrected chi connectivity index (χ2v) is 4.13. The van der Waals surface area contributed by atoms with Crippen LogP contribution in [0, 0.1) is 29.1 Å². The minimum atomic E-state index is -0.906. The summed E-state index contributed by atoms with van der Waals surface area (Å²) < 4.78 is 0. The van der Waals surface area contributed by atoms with Crippen LogP contribution in [0.4, 0.5) is 0 Å². The molecular weight excluding hydrogens is 178 g/mol. The first-order chi connectivity index (χ1) is 6.69. The minimum Gasteiger partial charge on any atom is -0.550 e. The first kappa shape index (κ1) is 11.0. The van der Waals surface area contributed by atoms with Gasteiger partial charge in [0.15, 0.2) is 0 Å².